The number of hydrogen-bond donors (Lipinski definition) is 1. The molecule has 1 aromatic heterocycles. The van der Waals surface area contributed by atoms with Crippen molar-refractivity contribution >= 4 is 0 Å². The average Bonchev–Trinajstić information content (AvgIpc) is 3.08. The van der Waals surface area contributed by atoms with Crippen molar-refractivity contribution in [3.63, 3.8) is 0 Å². The summed E-state index contributed by atoms with van der Waals surface area (Å²) in [6, 6.07) is 8.10. The van der Waals surface area contributed by atoms with Gasteiger partial charge >= 0.3 is 0 Å². The molecule has 22 heavy (non-hydrogen) atoms. The Hall–Kier alpha value is -1.65. The molecule has 0 unspecified atom stereocenters. The van der Waals surface area contributed by atoms with E-state index in [1.165, 1.54) is 0 Å². The summed E-state index contributed by atoms with van der Waals surface area (Å²) in [6.45, 7) is 8.44. The Bertz CT molecular complexity index is 650. The minimum Gasteiger partial charge on any atom is -0.448 e. The Labute approximate surface area is 131 Å². The molecule has 0 aliphatic carbocycles. The van der Waals surface area contributed by atoms with Gasteiger partial charge < -0.3 is 9.52 Å². The maximum absolute atomic E-state index is 11.0. The summed E-state index contributed by atoms with van der Waals surface area (Å²) in [4.78, 5) is 6.77. The predicted molar refractivity (Wildman–Crippen MR) is 85.6 cm³/mol. The van der Waals surface area contributed by atoms with Crippen LogP contribution in [0.5, 0.6) is 0 Å². The van der Waals surface area contributed by atoms with Crippen molar-refractivity contribution in [1.82, 2.24) is 9.88 Å². The lowest BCUT2D eigenvalue weighted by atomic mass is 9.89. The SMILES string of the molecule is Cc1ccccc1[C@@]1(O)CCN(Cc2coc(C(C)C)n2)C1. The van der Waals surface area contributed by atoms with E-state index >= 15 is 0 Å². The third kappa shape index (κ3) is 2.94. The van der Waals surface area contributed by atoms with E-state index < -0.39 is 5.60 Å². The van der Waals surface area contributed by atoms with Crippen molar-refractivity contribution in [3.05, 3.63) is 53.2 Å². The van der Waals surface area contributed by atoms with Crippen LogP contribution in [-0.2, 0) is 12.1 Å². The fourth-order valence-electron chi connectivity index (χ4n) is 3.21. The highest BCUT2D eigenvalue weighted by molar-refractivity contribution is 5.32. The van der Waals surface area contributed by atoms with Gasteiger partial charge in [-0.05, 0) is 24.5 Å². The molecule has 1 aromatic carbocycles. The third-order valence-corrected chi connectivity index (χ3v) is 4.42. The van der Waals surface area contributed by atoms with Crippen LogP contribution in [0.25, 0.3) is 0 Å². The molecule has 0 radical (unpaired) electrons. The zero-order valence-corrected chi connectivity index (χ0v) is 13.5. The number of aliphatic hydroxyl groups is 1. The summed E-state index contributed by atoms with van der Waals surface area (Å²) >= 11 is 0. The first kappa shape index (κ1) is 15.3. The van der Waals surface area contributed by atoms with Gasteiger partial charge in [0.1, 0.15) is 11.9 Å². The normalized spacial score (nSPS) is 22.6. The minimum absolute atomic E-state index is 0.302. The predicted octanol–water partition coefficient (Wildman–Crippen LogP) is 3.20. The first-order valence-electron chi connectivity index (χ1n) is 7.93. The summed E-state index contributed by atoms with van der Waals surface area (Å²) < 4.78 is 5.49. The Balaban J connectivity index is 1.70. The molecule has 0 bridgehead atoms. The first-order valence-corrected chi connectivity index (χ1v) is 7.93. The first-order chi connectivity index (χ1) is 10.5. The van der Waals surface area contributed by atoms with E-state index in [-0.39, 0.29) is 0 Å². The van der Waals surface area contributed by atoms with Crippen LogP contribution in [0.2, 0.25) is 0 Å². The quantitative estimate of drug-likeness (QED) is 0.942. The van der Waals surface area contributed by atoms with Gasteiger partial charge in [-0.3, -0.25) is 4.90 Å². The highest BCUT2D eigenvalue weighted by Crippen LogP contribution is 2.34. The monoisotopic (exact) mass is 300 g/mol. The molecule has 1 aliphatic heterocycles. The van der Waals surface area contributed by atoms with Crippen LogP contribution in [0.4, 0.5) is 0 Å². The molecule has 3 rings (SSSR count). The van der Waals surface area contributed by atoms with Gasteiger partial charge in [-0.25, -0.2) is 4.98 Å². The van der Waals surface area contributed by atoms with Gasteiger partial charge in [-0.2, -0.15) is 0 Å². The van der Waals surface area contributed by atoms with E-state index in [2.05, 4.69) is 36.7 Å². The van der Waals surface area contributed by atoms with Gasteiger partial charge in [-0.1, -0.05) is 38.1 Å². The summed E-state index contributed by atoms with van der Waals surface area (Å²) in [5, 5.41) is 11.0. The maximum Gasteiger partial charge on any atom is 0.196 e. The smallest absolute Gasteiger partial charge is 0.196 e. The molecule has 4 heteroatoms. The van der Waals surface area contributed by atoms with Gasteiger partial charge in [0.2, 0.25) is 0 Å². The van der Waals surface area contributed by atoms with E-state index in [0.717, 1.165) is 42.2 Å². The lowest BCUT2D eigenvalue weighted by Gasteiger charge is -2.25. The zero-order valence-electron chi connectivity index (χ0n) is 13.5. The average molecular weight is 300 g/mol. The molecule has 1 atom stereocenters. The molecule has 2 aromatic rings. The number of aromatic nitrogens is 1. The number of aryl methyl sites for hydroxylation is 1. The summed E-state index contributed by atoms with van der Waals surface area (Å²) in [6.07, 6.45) is 2.49. The molecular weight excluding hydrogens is 276 g/mol. The molecule has 0 saturated carbocycles. The van der Waals surface area contributed by atoms with E-state index in [4.69, 9.17) is 4.42 Å². The lowest BCUT2D eigenvalue weighted by molar-refractivity contribution is 0.0445. The molecule has 0 amide bonds. The van der Waals surface area contributed by atoms with Crippen molar-refractivity contribution in [2.45, 2.75) is 45.3 Å². The van der Waals surface area contributed by atoms with Crippen molar-refractivity contribution in [1.29, 1.82) is 0 Å². The number of likely N-dealkylation sites (tertiary alicyclic amines) is 1. The largest absolute Gasteiger partial charge is 0.448 e. The number of benzene rings is 1. The molecule has 4 nitrogen and oxygen atoms in total. The Morgan fingerprint density at radius 2 is 2.14 bits per heavy atom. The second-order valence-corrected chi connectivity index (χ2v) is 6.64. The van der Waals surface area contributed by atoms with Crippen molar-refractivity contribution < 1.29 is 9.52 Å². The van der Waals surface area contributed by atoms with Crippen LogP contribution in [0.3, 0.4) is 0 Å². The van der Waals surface area contributed by atoms with Crippen LogP contribution in [0, 0.1) is 6.92 Å². The van der Waals surface area contributed by atoms with Crippen molar-refractivity contribution in [2.24, 2.45) is 0 Å². The Morgan fingerprint density at radius 1 is 1.36 bits per heavy atom. The molecule has 118 valence electrons. The lowest BCUT2D eigenvalue weighted by Crippen LogP contribution is -2.31. The van der Waals surface area contributed by atoms with Gasteiger partial charge in [0.15, 0.2) is 5.89 Å². The Kier molecular flexibility index (Phi) is 4.06. The van der Waals surface area contributed by atoms with E-state index in [9.17, 15) is 5.11 Å². The van der Waals surface area contributed by atoms with Crippen LogP contribution in [0.1, 0.15) is 48.9 Å². The highest BCUT2D eigenvalue weighted by Gasteiger charge is 2.38. The van der Waals surface area contributed by atoms with Gasteiger partial charge in [-0.15, -0.1) is 0 Å². The molecule has 1 N–H and O–H groups in total. The van der Waals surface area contributed by atoms with Gasteiger partial charge in [0.25, 0.3) is 0 Å². The topological polar surface area (TPSA) is 49.5 Å². The Morgan fingerprint density at radius 3 is 2.82 bits per heavy atom. The number of oxazole rings is 1. The van der Waals surface area contributed by atoms with E-state index in [1.54, 1.807) is 6.26 Å². The third-order valence-electron chi connectivity index (χ3n) is 4.42. The molecule has 0 spiro atoms. The zero-order chi connectivity index (χ0) is 15.7. The molecular formula is C18H24N2O2. The second-order valence-electron chi connectivity index (χ2n) is 6.64. The van der Waals surface area contributed by atoms with Gasteiger partial charge in [0, 0.05) is 25.6 Å². The van der Waals surface area contributed by atoms with Crippen molar-refractivity contribution in [3.8, 4) is 0 Å². The van der Waals surface area contributed by atoms with E-state index in [0.29, 0.717) is 12.5 Å². The molecule has 1 fully saturated rings. The molecule has 1 aliphatic rings. The van der Waals surface area contributed by atoms with Crippen LogP contribution >= 0.6 is 0 Å². The summed E-state index contributed by atoms with van der Waals surface area (Å²) in [5.74, 6) is 1.08. The number of hydrogen-bond acceptors (Lipinski definition) is 4. The van der Waals surface area contributed by atoms with Crippen molar-refractivity contribution in [2.75, 3.05) is 13.1 Å². The number of β-amino-alcohol motifs (C(OH)–C–C–N with tert-alkyl or cyclic N) is 1. The maximum atomic E-state index is 11.0. The van der Waals surface area contributed by atoms with Crippen LogP contribution in [-0.4, -0.2) is 28.1 Å². The summed E-state index contributed by atoms with van der Waals surface area (Å²) in [7, 11) is 0. The highest BCUT2D eigenvalue weighted by atomic mass is 16.3. The molecule has 1 saturated heterocycles. The van der Waals surface area contributed by atoms with Crippen LogP contribution < -0.4 is 0 Å². The fraction of sp³-hybridized carbons (Fsp3) is 0.500. The summed E-state index contributed by atoms with van der Waals surface area (Å²) in [5.41, 5.74) is 2.38. The standard InChI is InChI=1S/C18H24N2O2/c1-13(2)17-19-15(11-22-17)10-20-9-8-18(21,12-20)16-7-5-4-6-14(16)3/h4-7,11,13,21H,8-10,12H2,1-3H3/t18-/m1/s1. The number of rotatable bonds is 4. The molecule has 2 heterocycles. The number of nitrogens with zero attached hydrogens (tertiary/aromatic N) is 2. The van der Waals surface area contributed by atoms with Crippen LogP contribution in [0.15, 0.2) is 34.9 Å². The fourth-order valence-corrected chi connectivity index (χ4v) is 3.21. The van der Waals surface area contributed by atoms with Gasteiger partial charge in [0.05, 0.1) is 5.69 Å². The second kappa shape index (κ2) is 5.86. The van der Waals surface area contributed by atoms with E-state index in [1.807, 2.05) is 18.2 Å². The minimum atomic E-state index is -0.754.